The van der Waals surface area contributed by atoms with E-state index in [9.17, 15) is 9.59 Å². The molecule has 2 heterocycles. The Morgan fingerprint density at radius 2 is 1.89 bits per heavy atom. The second kappa shape index (κ2) is 9.82. The third-order valence-electron chi connectivity index (χ3n) is 4.97. The fraction of sp³-hybridized carbons (Fsp3) is 0.429. The van der Waals surface area contributed by atoms with E-state index in [1.54, 1.807) is 19.3 Å². The van der Waals surface area contributed by atoms with Gasteiger partial charge >= 0.3 is 0 Å². The van der Waals surface area contributed by atoms with Crippen LogP contribution in [-0.4, -0.2) is 57.3 Å². The van der Waals surface area contributed by atoms with E-state index < -0.39 is 0 Å². The lowest BCUT2D eigenvalue weighted by Crippen LogP contribution is -2.40. The van der Waals surface area contributed by atoms with Gasteiger partial charge in [-0.05, 0) is 31.4 Å². The second-order valence-corrected chi connectivity index (χ2v) is 6.96. The van der Waals surface area contributed by atoms with Gasteiger partial charge in [0, 0.05) is 50.6 Å². The topological polar surface area (TPSA) is 75.6 Å². The molecule has 7 heteroatoms. The maximum Gasteiger partial charge on any atom is 0.260 e. The van der Waals surface area contributed by atoms with E-state index in [0.717, 1.165) is 24.8 Å². The predicted octanol–water partition coefficient (Wildman–Crippen LogP) is 2.29. The molecule has 28 heavy (non-hydrogen) atoms. The first-order valence-corrected chi connectivity index (χ1v) is 9.60. The van der Waals surface area contributed by atoms with Crippen molar-refractivity contribution in [3.8, 4) is 5.75 Å². The van der Waals surface area contributed by atoms with Gasteiger partial charge in [-0.3, -0.25) is 9.59 Å². The number of hydrogen-bond acceptors (Lipinski definition) is 5. The summed E-state index contributed by atoms with van der Waals surface area (Å²) in [6, 6.07) is 9.44. The number of carbonyl (C=O) groups is 2. The van der Waals surface area contributed by atoms with E-state index in [1.807, 2.05) is 40.1 Å². The Morgan fingerprint density at radius 3 is 2.61 bits per heavy atom. The maximum atomic E-state index is 12.5. The van der Waals surface area contributed by atoms with E-state index in [-0.39, 0.29) is 24.5 Å². The molecule has 148 valence electrons. The first-order chi connectivity index (χ1) is 13.6. The Kier molecular flexibility index (Phi) is 6.94. The van der Waals surface area contributed by atoms with Gasteiger partial charge in [0.1, 0.15) is 12.1 Å². The monoisotopic (exact) mass is 382 g/mol. The first kappa shape index (κ1) is 19.8. The molecule has 1 atom stereocenters. The molecule has 1 aliphatic rings. The van der Waals surface area contributed by atoms with Crippen molar-refractivity contribution >= 4 is 11.8 Å². The van der Waals surface area contributed by atoms with Gasteiger partial charge in [0.15, 0.2) is 6.61 Å². The van der Waals surface area contributed by atoms with Crippen LogP contribution < -0.4 is 4.74 Å². The average molecular weight is 382 g/mol. The minimum atomic E-state index is -0.0182. The molecule has 0 N–H and O–H groups in total. The van der Waals surface area contributed by atoms with E-state index in [4.69, 9.17) is 4.74 Å². The number of benzene rings is 1. The van der Waals surface area contributed by atoms with Gasteiger partial charge in [0.05, 0.1) is 0 Å². The number of hydrogen-bond donors (Lipinski definition) is 0. The van der Waals surface area contributed by atoms with Gasteiger partial charge in [-0.1, -0.05) is 18.2 Å². The zero-order valence-corrected chi connectivity index (χ0v) is 16.2. The standard InChI is InChI=1S/C21H26N4O3/c1-17(26)25(14-18-12-22-16-23-13-18)19-6-5-10-24(11-9-19)21(27)15-28-20-7-3-2-4-8-20/h2-4,7-8,12-13,16,19H,5-6,9-11,14-15H2,1H3. The highest BCUT2D eigenvalue weighted by atomic mass is 16.5. The summed E-state index contributed by atoms with van der Waals surface area (Å²) in [4.78, 5) is 36.5. The van der Waals surface area contributed by atoms with Crippen LogP contribution in [0.2, 0.25) is 0 Å². The summed E-state index contributed by atoms with van der Waals surface area (Å²) in [7, 11) is 0. The largest absolute Gasteiger partial charge is 0.484 e. The van der Waals surface area contributed by atoms with Crippen LogP contribution in [0.1, 0.15) is 31.7 Å². The van der Waals surface area contributed by atoms with Crippen LogP contribution in [0, 0.1) is 0 Å². The van der Waals surface area contributed by atoms with Crippen molar-refractivity contribution in [2.24, 2.45) is 0 Å². The lowest BCUT2D eigenvalue weighted by Gasteiger charge is -2.30. The summed E-state index contributed by atoms with van der Waals surface area (Å²) in [6.07, 6.45) is 7.43. The summed E-state index contributed by atoms with van der Waals surface area (Å²) in [5.74, 6) is 0.702. The van der Waals surface area contributed by atoms with Crippen LogP contribution in [-0.2, 0) is 16.1 Å². The summed E-state index contributed by atoms with van der Waals surface area (Å²) in [6.45, 7) is 3.42. The smallest absolute Gasteiger partial charge is 0.260 e. The Labute approximate surface area is 165 Å². The number of ether oxygens (including phenoxy) is 1. The lowest BCUT2D eigenvalue weighted by molar-refractivity contribution is -0.133. The highest BCUT2D eigenvalue weighted by Crippen LogP contribution is 2.20. The summed E-state index contributed by atoms with van der Waals surface area (Å²) < 4.78 is 5.58. The third-order valence-corrected chi connectivity index (χ3v) is 4.97. The number of aromatic nitrogens is 2. The predicted molar refractivity (Wildman–Crippen MR) is 104 cm³/mol. The number of likely N-dealkylation sites (tertiary alicyclic amines) is 1. The van der Waals surface area contributed by atoms with Gasteiger partial charge < -0.3 is 14.5 Å². The van der Waals surface area contributed by atoms with Crippen LogP contribution in [0.3, 0.4) is 0 Å². The SMILES string of the molecule is CC(=O)N(Cc1cncnc1)C1CCCN(C(=O)COc2ccccc2)CC1. The van der Waals surface area contributed by atoms with E-state index >= 15 is 0 Å². The van der Waals surface area contributed by atoms with Crippen molar-refractivity contribution in [3.63, 3.8) is 0 Å². The molecule has 2 aromatic rings. The number of carbonyl (C=O) groups excluding carboxylic acids is 2. The summed E-state index contributed by atoms with van der Waals surface area (Å²) in [5.41, 5.74) is 0.908. The highest BCUT2D eigenvalue weighted by Gasteiger charge is 2.26. The third kappa shape index (κ3) is 5.52. The molecular weight excluding hydrogens is 356 g/mol. The maximum absolute atomic E-state index is 12.5. The molecule has 1 aliphatic heterocycles. The quantitative estimate of drug-likeness (QED) is 0.766. The molecule has 1 fully saturated rings. The molecule has 0 saturated carbocycles. The minimum absolute atomic E-state index is 0.0182. The van der Waals surface area contributed by atoms with Crippen molar-refractivity contribution in [2.45, 2.75) is 38.8 Å². The van der Waals surface area contributed by atoms with Gasteiger partial charge in [-0.2, -0.15) is 0 Å². The molecule has 0 bridgehead atoms. The van der Waals surface area contributed by atoms with Crippen LogP contribution in [0.25, 0.3) is 0 Å². The Balaban J connectivity index is 1.55. The Hall–Kier alpha value is -2.96. The lowest BCUT2D eigenvalue weighted by atomic mass is 10.1. The normalized spacial score (nSPS) is 16.9. The number of nitrogens with zero attached hydrogens (tertiary/aromatic N) is 4. The molecule has 1 saturated heterocycles. The van der Waals surface area contributed by atoms with Crippen molar-refractivity contribution in [3.05, 3.63) is 54.6 Å². The zero-order valence-electron chi connectivity index (χ0n) is 16.2. The van der Waals surface area contributed by atoms with Crippen molar-refractivity contribution < 1.29 is 14.3 Å². The fourth-order valence-corrected chi connectivity index (χ4v) is 3.50. The molecule has 3 rings (SSSR count). The van der Waals surface area contributed by atoms with Crippen LogP contribution in [0.4, 0.5) is 0 Å². The molecule has 1 aromatic heterocycles. The Morgan fingerprint density at radius 1 is 1.14 bits per heavy atom. The van der Waals surface area contributed by atoms with Crippen molar-refractivity contribution in [2.75, 3.05) is 19.7 Å². The first-order valence-electron chi connectivity index (χ1n) is 9.60. The summed E-state index contributed by atoms with van der Waals surface area (Å²) in [5, 5.41) is 0. The van der Waals surface area contributed by atoms with Gasteiger partial charge in [-0.15, -0.1) is 0 Å². The molecule has 0 spiro atoms. The number of para-hydroxylation sites is 1. The molecule has 1 aromatic carbocycles. The summed E-state index contributed by atoms with van der Waals surface area (Å²) >= 11 is 0. The van der Waals surface area contributed by atoms with Gasteiger partial charge in [0.2, 0.25) is 5.91 Å². The van der Waals surface area contributed by atoms with Crippen molar-refractivity contribution in [1.82, 2.24) is 19.8 Å². The molecule has 0 aliphatic carbocycles. The van der Waals surface area contributed by atoms with E-state index in [0.29, 0.717) is 25.4 Å². The van der Waals surface area contributed by atoms with E-state index in [2.05, 4.69) is 9.97 Å². The second-order valence-electron chi connectivity index (χ2n) is 6.96. The molecular formula is C21H26N4O3. The molecule has 1 unspecified atom stereocenters. The minimum Gasteiger partial charge on any atom is -0.484 e. The van der Waals surface area contributed by atoms with Gasteiger partial charge in [-0.25, -0.2) is 9.97 Å². The number of rotatable bonds is 6. The molecule has 7 nitrogen and oxygen atoms in total. The van der Waals surface area contributed by atoms with Crippen LogP contribution in [0.5, 0.6) is 5.75 Å². The zero-order chi connectivity index (χ0) is 19.8. The molecule has 2 amide bonds. The fourth-order valence-electron chi connectivity index (χ4n) is 3.50. The van der Waals surface area contributed by atoms with Gasteiger partial charge in [0.25, 0.3) is 5.91 Å². The highest BCUT2D eigenvalue weighted by molar-refractivity contribution is 5.78. The Bertz CT molecular complexity index is 770. The van der Waals surface area contributed by atoms with Crippen molar-refractivity contribution in [1.29, 1.82) is 0 Å². The average Bonchev–Trinajstić information content (AvgIpc) is 2.98. The molecule has 0 radical (unpaired) electrons. The number of amides is 2. The van der Waals surface area contributed by atoms with Crippen LogP contribution >= 0.6 is 0 Å². The van der Waals surface area contributed by atoms with Crippen LogP contribution in [0.15, 0.2) is 49.1 Å². The van der Waals surface area contributed by atoms with E-state index in [1.165, 1.54) is 6.33 Å².